The summed E-state index contributed by atoms with van der Waals surface area (Å²) in [6.45, 7) is 1.99. The molecule has 4 saturated carbocycles. The van der Waals surface area contributed by atoms with Gasteiger partial charge in [0.25, 0.3) is 0 Å². The highest BCUT2D eigenvalue weighted by Gasteiger charge is 2.51. The number of carbonyl (C=O) groups excluding carboxylic acids is 1. The van der Waals surface area contributed by atoms with Gasteiger partial charge >= 0.3 is 0 Å². The molecule has 2 saturated heterocycles. The first-order valence-electron chi connectivity index (χ1n) is 9.31. The zero-order valence-corrected chi connectivity index (χ0v) is 14.2. The van der Waals surface area contributed by atoms with Gasteiger partial charge in [-0.15, -0.1) is 12.4 Å². The molecule has 0 radical (unpaired) electrons. The number of nitrogens with one attached hydrogen (secondary N) is 1. The molecule has 6 fully saturated rings. The van der Waals surface area contributed by atoms with Crippen molar-refractivity contribution in [3.63, 3.8) is 0 Å². The van der Waals surface area contributed by atoms with E-state index in [1.54, 1.807) is 0 Å². The van der Waals surface area contributed by atoms with E-state index in [0.29, 0.717) is 23.9 Å². The molecule has 0 aromatic carbocycles. The van der Waals surface area contributed by atoms with Crippen molar-refractivity contribution in [1.82, 2.24) is 10.2 Å². The summed E-state index contributed by atoms with van der Waals surface area (Å²) >= 11 is 0. The predicted octanol–water partition coefficient (Wildman–Crippen LogP) is 2.83. The largest absolute Gasteiger partial charge is 0.341 e. The summed E-state index contributed by atoms with van der Waals surface area (Å²) < 4.78 is 0. The van der Waals surface area contributed by atoms with E-state index in [9.17, 15) is 4.79 Å². The zero-order valence-electron chi connectivity index (χ0n) is 13.4. The SMILES string of the molecule is Cl.O=C(C1C2CC3CC(C2)CC1C3)N1CCC2CCC(C1)N2. The maximum Gasteiger partial charge on any atom is 0.226 e. The van der Waals surface area contributed by atoms with Crippen LogP contribution < -0.4 is 5.32 Å². The van der Waals surface area contributed by atoms with Crippen molar-refractivity contribution in [2.45, 2.75) is 63.5 Å². The van der Waals surface area contributed by atoms with Crippen molar-refractivity contribution in [1.29, 1.82) is 0 Å². The molecule has 1 N–H and O–H groups in total. The number of fused-ring (bicyclic) bond motifs is 2. The van der Waals surface area contributed by atoms with E-state index < -0.39 is 0 Å². The lowest BCUT2D eigenvalue weighted by Gasteiger charge is -2.54. The van der Waals surface area contributed by atoms with E-state index in [4.69, 9.17) is 0 Å². The molecule has 22 heavy (non-hydrogen) atoms. The van der Waals surface area contributed by atoms with Gasteiger partial charge in [0.15, 0.2) is 0 Å². The van der Waals surface area contributed by atoms with Crippen LogP contribution >= 0.6 is 12.4 Å². The minimum Gasteiger partial charge on any atom is -0.341 e. The second-order valence-corrected chi connectivity index (χ2v) is 8.67. The summed E-state index contributed by atoms with van der Waals surface area (Å²) in [7, 11) is 0. The van der Waals surface area contributed by atoms with Crippen molar-refractivity contribution in [2.24, 2.45) is 29.6 Å². The molecule has 2 aliphatic heterocycles. The standard InChI is InChI=1S/C18H28N2O.ClH/c21-18(20-4-3-15-1-2-16(10-20)19-15)17-13-6-11-5-12(8-13)9-14(17)7-11;/h11-17,19H,1-10H2;1H. The van der Waals surface area contributed by atoms with Crippen LogP contribution in [0.15, 0.2) is 0 Å². The lowest BCUT2D eigenvalue weighted by atomic mass is 9.51. The summed E-state index contributed by atoms with van der Waals surface area (Å²) in [5.74, 6) is 4.36. The Morgan fingerprint density at radius 2 is 1.50 bits per heavy atom. The quantitative estimate of drug-likeness (QED) is 0.804. The number of halogens is 1. The normalized spacial score (nSPS) is 48.9. The Labute approximate surface area is 140 Å². The Balaban J connectivity index is 0.00000125. The molecule has 4 heteroatoms. The summed E-state index contributed by atoms with van der Waals surface area (Å²) in [6, 6.07) is 1.27. The summed E-state index contributed by atoms with van der Waals surface area (Å²) in [5.41, 5.74) is 0. The fourth-order valence-corrected chi connectivity index (χ4v) is 6.68. The average molecular weight is 325 g/mol. The molecule has 2 heterocycles. The average Bonchev–Trinajstić information content (AvgIpc) is 2.76. The molecule has 6 aliphatic rings. The molecule has 124 valence electrons. The van der Waals surface area contributed by atoms with Crippen LogP contribution in [-0.4, -0.2) is 36.0 Å². The smallest absolute Gasteiger partial charge is 0.226 e. The highest BCUT2D eigenvalue weighted by molar-refractivity contribution is 5.85. The Morgan fingerprint density at radius 3 is 2.18 bits per heavy atom. The van der Waals surface area contributed by atoms with Crippen LogP contribution in [0.1, 0.15) is 51.4 Å². The van der Waals surface area contributed by atoms with Crippen LogP contribution in [0, 0.1) is 29.6 Å². The topological polar surface area (TPSA) is 32.3 Å². The first kappa shape index (κ1) is 15.3. The number of amides is 1. The molecule has 0 aromatic rings. The molecule has 6 bridgehead atoms. The maximum atomic E-state index is 13.2. The Morgan fingerprint density at radius 1 is 0.864 bits per heavy atom. The third-order valence-corrected chi connectivity index (χ3v) is 7.35. The predicted molar refractivity (Wildman–Crippen MR) is 88.9 cm³/mol. The summed E-state index contributed by atoms with van der Waals surface area (Å²) in [6.07, 6.45) is 10.7. The second-order valence-electron chi connectivity index (χ2n) is 8.67. The van der Waals surface area contributed by atoms with Gasteiger partial charge in [0.2, 0.25) is 5.91 Å². The number of likely N-dealkylation sites (tertiary alicyclic amines) is 1. The van der Waals surface area contributed by atoms with Gasteiger partial charge in [0.05, 0.1) is 0 Å². The number of hydrogen-bond donors (Lipinski definition) is 1. The first-order valence-corrected chi connectivity index (χ1v) is 9.31. The van der Waals surface area contributed by atoms with Gasteiger partial charge in [-0.3, -0.25) is 4.79 Å². The molecule has 0 aromatic heterocycles. The lowest BCUT2D eigenvalue weighted by Crippen LogP contribution is -2.53. The van der Waals surface area contributed by atoms with Crippen molar-refractivity contribution in [3.05, 3.63) is 0 Å². The summed E-state index contributed by atoms with van der Waals surface area (Å²) in [4.78, 5) is 15.5. The Hall–Kier alpha value is -0.280. The Bertz CT molecular complexity index is 426. The fourth-order valence-electron chi connectivity index (χ4n) is 6.68. The minimum absolute atomic E-state index is 0. The van der Waals surface area contributed by atoms with E-state index in [0.717, 1.165) is 36.8 Å². The van der Waals surface area contributed by atoms with Crippen LogP contribution in [-0.2, 0) is 4.79 Å². The molecular weight excluding hydrogens is 296 g/mol. The van der Waals surface area contributed by atoms with Crippen LogP contribution in [0.4, 0.5) is 0 Å². The molecular formula is C18H29ClN2O. The van der Waals surface area contributed by atoms with Gasteiger partial charge in [0, 0.05) is 31.1 Å². The van der Waals surface area contributed by atoms with Crippen molar-refractivity contribution >= 4 is 18.3 Å². The van der Waals surface area contributed by atoms with Gasteiger partial charge in [-0.2, -0.15) is 0 Å². The van der Waals surface area contributed by atoms with Crippen molar-refractivity contribution < 1.29 is 4.79 Å². The van der Waals surface area contributed by atoms with Crippen LogP contribution in [0.2, 0.25) is 0 Å². The van der Waals surface area contributed by atoms with E-state index in [1.165, 1.54) is 51.4 Å². The number of nitrogens with zero attached hydrogens (tertiary/aromatic N) is 1. The second kappa shape index (κ2) is 5.66. The maximum absolute atomic E-state index is 13.2. The molecule has 6 rings (SSSR count). The van der Waals surface area contributed by atoms with E-state index >= 15 is 0 Å². The zero-order chi connectivity index (χ0) is 14.0. The van der Waals surface area contributed by atoms with Gasteiger partial charge in [0.1, 0.15) is 0 Å². The molecule has 3 nitrogen and oxygen atoms in total. The molecule has 4 aliphatic carbocycles. The highest BCUT2D eigenvalue weighted by atomic mass is 35.5. The number of carbonyl (C=O) groups is 1. The molecule has 0 spiro atoms. The van der Waals surface area contributed by atoms with Crippen molar-refractivity contribution in [2.75, 3.05) is 13.1 Å². The van der Waals surface area contributed by atoms with E-state index in [-0.39, 0.29) is 12.4 Å². The first-order chi connectivity index (χ1) is 10.3. The van der Waals surface area contributed by atoms with Crippen molar-refractivity contribution in [3.8, 4) is 0 Å². The number of rotatable bonds is 1. The van der Waals surface area contributed by atoms with Crippen LogP contribution in [0.3, 0.4) is 0 Å². The third-order valence-electron chi connectivity index (χ3n) is 7.35. The highest BCUT2D eigenvalue weighted by Crippen LogP contribution is 2.56. The van der Waals surface area contributed by atoms with E-state index in [1.807, 2.05) is 0 Å². The van der Waals surface area contributed by atoms with E-state index in [2.05, 4.69) is 10.2 Å². The third kappa shape index (κ3) is 2.39. The summed E-state index contributed by atoms with van der Waals surface area (Å²) in [5, 5.41) is 3.71. The lowest BCUT2D eigenvalue weighted by molar-refractivity contribution is -0.149. The molecule has 2 unspecified atom stereocenters. The fraction of sp³-hybridized carbons (Fsp3) is 0.944. The van der Waals surface area contributed by atoms with Crippen LogP contribution in [0.5, 0.6) is 0 Å². The van der Waals surface area contributed by atoms with Gasteiger partial charge in [-0.1, -0.05) is 0 Å². The van der Waals surface area contributed by atoms with Gasteiger partial charge in [-0.05, 0) is 75.0 Å². The Kier molecular flexibility index (Phi) is 3.93. The van der Waals surface area contributed by atoms with Gasteiger partial charge in [-0.25, -0.2) is 0 Å². The monoisotopic (exact) mass is 324 g/mol. The number of hydrogen-bond acceptors (Lipinski definition) is 2. The minimum atomic E-state index is 0. The molecule has 2 atom stereocenters. The van der Waals surface area contributed by atoms with Gasteiger partial charge < -0.3 is 10.2 Å². The van der Waals surface area contributed by atoms with Crippen LogP contribution in [0.25, 0.3) is 0 Å². The molecule has 1 amide bonds.